The maximum absolute atomic E-state index is 13.9. The molecule has 0 fully saturated rings. The lowest BCUT2D eigenvalue weighted by molar-refractivity contribution is -0.143. The second kappa shape index (κ2) is 14.8. The van der Waals surface area contributed by atoms with Gasteiger partial charge in [-0.2, -0.15) is 0 Å². The zero-order valence-electron chi connectivity index (χ0n) is 22.7. The van der Waals surface area contributed by atoms with Crippen LogP contribution in [0.1, 0.15) is 70.5 Å². The van der Waals surface area contributed by atoms with E-state index in [0.717, 1.165) is 18.4 Å². The smallest absolute Gasteiger partial charge is 0.408 e. The molecule has 0 aliphatic carbocycles. The molecule has 9 heteroatoms. The highest BCUT2D eigenvalue weighted by Crippen LogP contribution is 2.24. The molecule has 2 unspecified atom stereocenters. The van der Waals surface area contributed by atoms with Crippen LogP contribution in [-0.2, 0) is 25.7 Å². The van der Waals surface area contributed by atoms with Gasteiger partial charge in [0.05, 0.1) is 6.42 Å². The van der Waals surface area contributed by atoms with Crippen LogP contribution in [0.5, 0.6) is 0 Å². The number of rotatable bonds is 13. The first-order chi connectivity index (χ1) is 18.0. The number of nitrogens with zero attached hydrogens (tertiary/aromatic N) is 1. The number of ether oxygens (including phenoxy) is 1. The van der Waals surface area contributed by atoms with Gasteiger partial charge in [0.1, 0.15) is 17.7 Å². The zero-order chi connectivity index (χ0) is 28.1. The van der Waals surface area contributed by atoms with Crippen LogP contribution in [0.15, 0.2) is 60.7 Å². The van der Waals surface area contributed by atoms with E-state index in [4.69, 9.17) is 10.5 Å². The van der Waals surface area contributed by atoms with Gasteiger partial charge in [0.15, 0.2) is 0 Å². The first kappa shape index (κ1) is 30.3. The summed E-state index contributed by atoms with van der Waals surface area (Å²) in [5.41, 5.74) is 6.14. The van der Waals surface area contributed by atoms with Crippen molar-refractivity contribution in [1.82, 2.24) is 15.5 Å². The van der Waals surface area contributed by atoms with Crippen LogP contribution in [-0.4, -0.2) is 46.9 Å². The van der Waals surface area contributed by atoms with E-state index in [1.807, 2.05) is 43.3 Å². The molecule has 0 radical (unpaired) electrons. The monoisotopic (exact) mass is 524 g/mol. The molecular formula is C29H40N4O5. The van der Waals surface area contributed by atoms with Crippen molar-refractivity contribution in [2.75, 3.05) is 6.54 Å². The third-order valence-corrected chi connectivity index (χ3v) is 5.66. The van der Waals surface area contributed by atoms with Gasteiger partial charge >= 0.3 is 6.09 Å². The summed E-state index contributed by atoms with van der Waals surface area (Å²) in [6, 6.07) is 16.1. The van der Waals surface area contributed by atoms with Crippen molar-refractivity contribution >= 4 is 23.8 Å². The van der Waals surface area contributed by atoms with Crippen molar-refractivity contribution in [2.45, 2.75) is 77.6 Å². The fourth-order valence-corrected chi connectivity index (χ4v) is 3.94. The number of primary amides is 1. The van der Waals surface area contributed by atoms with Gasteiger partial charge in [-0.3, -0.25) is 14.4 Å². The third kappa shape index (κ3) is 10.2. The van der Waals surface area contributed by atoms with E-state index in [1.54, 1.807) is 45.0 Å². The van der Waals surface area contributed by atoms with Gasteiger partial charge in [-0.1, -0.05) is 80.4 Å². The second-order valence-corrected chi connectivity index (χ2v) is 10.1. The largest absolute Gasteiger partial charge is 0.444 e. The summed E-state index contributed by atoms with van der Waals surface area (Å²) >= 11 is 0. The van der Waals surface area contributed by atoms with Crippen LogP contribution < -0.4 is 16.4 Å². The maximum atomic E-state index is 13.9. The summed E-state index contributed by atoms with van der Waals surface area (Å²) in [6.45, 7) is 7.63. The average molecular weight is 525 g/mol. The Morgan fingerprint density at radius 2 is 1.55 bits per heavy atom. The van der Waals surface area contributed by atoms with Gasteiger partial charge in [-0.05, 0) is 38.3 Å². The van der Waals surface area contributed by atoms with Crippen molar-refractivity contribution < 1.29 is 23.9 Å². The molecule has 0 saturated heterocycles. The first-order valence-electron chi connectivity index (χ1n) is 13.0. The summed E-state index contributed by atoms with van der Waals surface area (Å²) in [5, 5.41) is 5.43. The minimum absolute atomic E-state index is 0.246. The Kier molecular flexibility index (Phi) is 11.8. The minimum atomic E-state index is -1.29. The SMILES string of the molecule is CCCCCN(C(=O)C(CC(N)=O)NC(=O)OC(C)(C)C)C(C(=O)NCc1ccccc1)c1ccccc1. The highest BCUT2D eigenvalue weighted by molar-refractivity contribution is 5.94. The lowest BCUT2D eigenvalue weighted by Crippen LogP contribution is -2.54. The number of hydrogen-bond donors (Lipinski definition) is 3. The molecule has 4 N–H and O–H groups in total. The topological polar surface area (TPSA) is 131 Å². The number of alkyl carbamates (subject to hydrolysis) is 1. The van der Waals surface area contributed by atoms with Gasteiger partial charge in [-0.15, -0.1) is 0 Å². The fraction of sp³-hybridized carbons (Fsp3) is 0.448. The number of carbonyl (C=O) groups is 4. The predicted octanol–water partition coefficient (Wildman–Crippen LogP) is 3.83. The standard InChI is InChI=1S/C29H40N4O5/c1-5-6-13-18-33(27(36)23(19-24(30)34)32-28(37)38-29(2,3)4)25(22-16-11-8-12-17-22)26(35)31-20-21-14-9-7-10-15-21/h7-12,14-17,23,25H,5-6,13,18-20H2,1-4H3,(H2,30,34)(H,31,35)(H,32,37). The molecule has 2 rings (SSSR count). The molecule has 0 spiro atoms. The third-order valence-electron chi connectivity index (χ3n) is 5.66. The molecule has 2 aromatic carbocycles. The minimum Gasteiger partial charge on any atom is -0.444 e. The van der Waals surface area contributed by atoms with Crippen LogP contribution in [0, 0.1) is 0 Å². The molecule has 0 bridgehead atoms. The molecule has 0 aliphatic rings. The van der Waals surface area contributed by atoms with E-state index in [2.05, 4.69) is 10.6 Å². The summed E-state index contributed by atoms with van der Waals surface area (Å²) in [4.78, 5) is 53.4. The van der Waals surface area contributed by atoms with Crippen molar-refractivity contribution in [3.8, 4) is 0 Å². The molecule has 0 heterocycles. The predicted molar refractivity (Wildman–Crippen MR) is 146 cm³/mol. The molecule has 4 amide bonds. The molecule has 206 valence electrons. The Hall–Kier alpha value is -3.88. The van der Waals surface area contributed by atoms with Gasteiger partial charge in [0, 0.05) is 13.1 Å². The van der Waals surface area contributed by atoms with Crippen molar-refractivity contribution in [3.63, 3.8) is 0 Å². The Morgan fingerprint density at radius 3 is 2.11 bits per heavy atom. The summed E-state index contributed by atoms with van der Waals surface area (Å²) in [7, 11) is 0. The van der Waals surface area contributed by atoms with E-state index >= 15 is 0 Å². The Labute approximate surface area is 225 Å². The van der Waals surface area contributed by atoms with E-state index in [9.17, 15) is 19.2 Å². The summed E-state index contributed by atoms with van der Waals surface area (Å²) in [6.07, 6.45) is 1.08. The molecule has 0 aliphatic heterocycles. The van der Waals surface area contributed by atoms with Gasteiger partial charge in [0.25, 0.3) is 0 Å². The van der Waals surface area contributed by atoms with Gasteiger partial charge in [0.2, 0.25) is 17.7 Å². The van der Waals surface area contributed by atoms with E-state index < -0.39 is 42.0 Å². The highest BCUT2D eigenvalue weighted by atomic mass is 16.6. The van der Waals surface area contributed by atoms with E-state index in [-0.39, 0.29) is 19.0 Å². The summed E-state index contributed by atoms with van der Waals surface area (Å²) in [5.74, 6) is -1.73. The number of hydrogen-bond acceptors (Lipinski definition) is 5. The molecule has 0 saturated carbocycles. The van der Waals surface area contributed by atoms with Crippen LogP contribution in [0.4, 0.5) is 4.79 Å². The fourth-order valence-electron chi connectivity index (χ4n) is 3.94. The van der Waals surface area contributed by atoms with Crippen LogP contribution >= 0.6 is 0 Å². The molecule has 2 atom stereocenters. The van der Waals surface area contributed by atoms with Crippen LogP contribution in [0.3, 0.4) is 0 Å². The van der Waals surface area contributed by atoms with Gasteiger partial charge in [-0.25, -0.2) is 4.79 Å². The Bertz CT molecular complexity index is 1050. The number of benzene rings is 2. The molecular weight excluding hydrogens is 484 g/mol. The molecule has 38 heavy (non-hydrogen) atoms. The molecule has 2 aromatic rings. The van der Waals surface area contributed by atoms with Crippen LogP contribution in [0.2, 0.25) is 0 Å². The normalized spacial score (nSPS) is 12.6. The number of unbranched alkanes of at least 4 members (excludes halogenated alkanes) is 2. The number of nitrogens with two attached hydrogens (primary N) is 1. The quantitative estimate of drug-likeness (QED) is 0.343. The lowest BCUT2D eigenvalue weighted by atomic mass is 10.0. The van der Waals surface area contributed by atoms with Crippen molar-refractivity contribution in [2.24, 2.45) is 5.73 Å². The zero-order valence-corrected chi connectivity index (χ0v) is 22.7. The van der Waals surface area contributed by atoms with E-state index in [0.29, 0.717) is 12.0 Å². The molecule has 0 aromatic heterocycles. The average Bonchev–Trinajstić information content (AvgIpc) is 2.86. The van der Waals surface area contributed by atoms with Crippen molar-refractivity contribution in [1.29, 1.82) is 0 Å². The van der Waals surface area contributed by atoms with Gasteiger partial charge < -0.3 is 26.0 Å². The van der Waals surface area contributed by atoms with Crippen molar-refractivity contribution in [3.05, 3.63) is 71.8 Å². The Morgan fingerprint density at radius 1 is 0.947 bits per heavy atom. The summed E-state index contributed by atoms with van der Waals surface area (Å²) < 4.78 is 5.31. The number of carbonyl (C=O) groups excluding carboxylic acids is 4. The number of amides is 4. The maximum Gasteiger partial charge on any atom is 0.408 e. The lowest BCUT2D eigenvalue weighted by Gasteiger charge is -2.34. The Balaban J connectivity index is 2.42. The van der Waals surface area contributed by atoms with E-state index in [1.165, 1.54) is 4.90 Å². The second-order valence-electron chi connectivity index (χ2n) is 10.1. The molecule has 9 nitrogen and oxygen atoms in total. The highest BCUT2D eigenvalue weighted by Gasteiger charge is 2.36. The number of nitrogens with one attached hydrogen (secondary N) is 2. The first-order valence-corrected chi connectivity index (χ1v) is 13.0. The van der Waals surface area contributed by atoms with Crippen LogP contribution in [0.25, 0.3) is 0 Å².